The van der Waals surface area contributed by atoms with Crippen LogP contribution in [0.15, 0.2) is 141 Å². The Balaban J connectivity index is 1.50. The molecule has 2 aliphatic heterocycles. The van der Waals surface area contributed by atoms with Gasteiger partial charge in [-0.25, -0.2) is 0 Å². The van der Waals surface area contributed by atoms with Gasteiger partial charge in [-0.3, -0.25) is 4.79 Å². The smallest absolute Gasteiger partial charge is 0.195 e. The molecule has 1 aromatic heterocycles. The lowest BCUT2D eigenvalue weighted by Crippen LogP contribution is -2.39. The highest BCUT2D eigenvalue weighted by molar-refractivity contribution is 7.99. The molecule has 0 radical (unpaired) electrons. The van der Waals surface area contributed by atoms with E-state index in [-0.39, 0.29) is 5.43 Å². The third-order valence-electron chi connectivity index (χ3n) is 8.09. The first-order valence-corrected chi connectivity index (χ1v) is 13.9. The Labute approximate surface area is 230 Å². The number of hydrogen-bond acceptors (Lipinski definition) is 4. The zero-order valence-electron chi connectivity index (χ0n) is 21.2. The maximum atomic E-state index is 13.1. The first kappa shape index (κ1) is 22.4. The Bertz CT molecular complexity index is 1910. The van der Waals surface area contributed by atoms with Gasteiger partial charge in [-0.15, -0.1) is 0 Å². The molecule has 1 spiro atoms. The Kier molecular flexibility index (Phi) is 4.73. The third-order valence-corrected chi connectivity index (χ3v) is 9.24. The second kappa shape index (κ2) is 8.23. The van der Waals surface area contributed by atoms with Crippen molar-refractivity contribution < 1.29 is 4.42 Å². The number of para-hydroxylation sites is 2. The van der Waals surface area contributed by atoms with Crippen molar-refractivity contribution in [2.45, 2.75) is 22.1 Å². The number of fused-ring (bicyclic) bond motifs is 9. The van der Waals surface area contributed by atoms with Gasteiger partial charge in [-0.1, -0.05) is 84.6 Å². The first-order chi connectivity index (χ1) is 19.2. The van der Waals surface area contributed by atoms with Crippen LogP contribution < -0.4 is 10.3 Å². The van der Waals surface area contributed by atoms with E-state index in [4.69, 9.17) is 4.42 Å². The first-order valence-electron chi connectivity index (χ1n) is 13.1. The number of anilines is 3. The fourth-order valence-electron chi connectivity index (χ4n) is 6.45. The molecule has 2 aliphatic rings. The number of benzene rings is 5. The number of hydrogen-bond donors (Lipinski definition) is 0. The predicted octanol–water partition coefficient (Wildman–Crippen LogP) is 8.73. The number of aryl methyl sites for hydroxylation is 1. The second-order valence-electron chi connectivity index (χ2n) is 10.1. The van der Waals surface area contributed by atoms with E-state index in [2.05, 4.69) is 102 Å². The van der Waals surface area contributed by atoms with Crippen LogP contribution in [-0.4, -0.2) is 0 Å². The second-order valence-corrected chi connectivity index (χ2v) is 11.2. The molecule has 0 unspecified atom stereocenters. The summed E-state index contributed by atoms with van der Waals surface area (Å²) >= 11 is 1.84. The lowest BCUT2D eigenvalue weighted by atomic mass is 9.62. The third kappa shape index (κ3) is 2.98. The summed E-state index contributed by atoms with van der Waals surface area (Å²) in [7, 11) is 0. The van der Waals surface area contributed by atoms with Crippen LogP contribution in [0.2, 0.25) is 0 Å². The van der Waals surface area contributed by atoms with Crippen molar-refractivity contribution in [2.24, 2.45) is 0 Å². The SMILES string of the molecule is Cc1coc2ccc(N3c4ccccc4C4(c5ccccc5Sc5ccccc54)c4ccccc43)cc2c1=O. The molecule has 3 heterocycles. The van der Waals surface area contributed by atoms with Gasteiger partial charge in [-0.05, 0) is 71.6 Å². The average Bonchev–Trinajstić information content (AvgIpc) is 2.99. The van der Waals surface area contributed by atoms with Crippen molar-refractivity contribution in [3.8, 4) is 0 Å². The minimum atomic E-state index is -0.478. The summed E-state index contributed by atoms with van der Waals surface area (Å²) in [5, 5.41) is 0.590. The minimum absolute atomic E-state index is 0.000287. The maximum Gasteiger partial charge on any atom is 0.195 e. The fraction of sp³-hybridized carbons (Fsp3) is 0.0571. The van der Waals surface area contributed by atoms with Gasteiger partial charge in [0.05, 0.1) is 28.4 Å². The number of nitrogens with zero attached hydrogens (tertiary/aromatic N) is 1. The average molecular weight is 522 g/mol. The van der Waals surface area contributed by atoms with E-state index < -0.39 is 5.41 Å². The molecule has 39 heavy (non-hydrogen) atoms. The van der Waals surface area contributed by atoms with Crippen molar-refractivity contribution in [1.29, 1.82) is 0 Å². The molecule has 0 N–H and O–H groups in total. The van der Waals surface area contributed by atoms with Crippen LogP contribution >= 0.6 is 11.8 Å². The lowest BCUT2D eigenvalue weighted by molar-refractivity contribution is 0.597. The fourth-order valence-corrected chi connectivity index (χ4v) is 7.65. The molecule has 0 bridgehead atoms. The van der Waals surface area contributed by atoms with Gasteiger partial charge in [0.15, 0.2) is 5.43 Å². The van der Waals surface area contributed by atoms with Crippen LogP contribution in [-0.2, 0) is 5.41 Å². The summed E-state index contributed by atoms with van der Waals surface area (Å²) in [6, 6.07) is 40.9. The van der Waals surface area contributed by atoms with Crippen molar-refractivity contribution in [1.82, 2.24) is 0 Å². The highest BCUT2D eigenvalue weighted by atomic mass is 32.2. The maximum absolute atomic E-state index is 13.1. The van der Waals surface area contributed by atoms with Crippen LogP contribution in [0, 0.1) is 6.92 Å². The van der Waals surface area contributed by atoms with E-state index in [1.165, 1.54) is 38.3 Å². The molecule has 5 aromatic carbocycles. The Morgan fingerprint density at radius 2 is 1.21 bits per heavy atom. The van der Waals surface area contributed by atoms with Crippen LogP contribution in [0.4, 0.5) is 17.1 Å². The topological polar surface area (TPSA) is 33.5 Å². The van der Waals surface area contributed by atoms with Crippen LogP contribution in [0.3, 0.4) is 0 Å². The van der Waals surface area contributed by atoms with Gasteiger partial charge in [0.2, 0.25) is 0 Å². The lowest BCUT2D eigenvalue weighted by Gasteiger charge is -2.48. The van der Waals surface area contributed by atoms with Gasteiger partial charge < -0.3 is 9.32 Å². The summed E-state index contributed by atoms with van der Waals surface area (Å²) in [4.78, 5) is 17.9. The van der Waals surface area contributed by atoms with E-state index in [9.17, 15) is 4.79 Å². The summed E-state index contributed by atoms with van der Waals surface area (Å²) < 4.78 is 5.75. The molecule has 3 nitrogen and oxygen atoms in total. The van der Waals surface area contributed by atoms with E-state index in [1.807, 2.05) is 30.0 Å². The van der Waals surface area contributed by atoms with Crippen LogP contribution in [0.5, 0.6) is 0 Å². The van der Waals surface area contributed by atoms with E-state index in [0.29, 0.717) is 16.5 Å². The van der Waals surface area contributed by atoms with Gasteiger partial charge in [-0.2, -0.15) is 0 Å². The molecular weight excluding hydrogens is 498 g/mol. The monoisotopic (exact) mass is 521 g/mol. The molecule has 186 valence electrons. The van der Waals surface area contributed by atoms with Crippen molar-refractivity contribution in [2.75, 3.05) is 4.90 Å². The Morgan fingerprint density at radius 1 is 0.667 bits per heavy atom. The molecule has 0 fully saturated rings. The molecule has 0 saturated carbocycles. The molecule has 8 rings (SSSR count). The van der Waals surface area contributed by atoms with Gasteiger partial charge in [0, 0.05) is 21.0 Å². The van der Waals surface area contributed by atoms with Crippen molar-refractivity contribution >= 4 is 39.8 Å². The Morgan fingerprint density at radius 3 is 1.82 bits per heavy atom. The van der Waals surface area contributed by atoms with Gasteiger partial charge in [0.1, 0.15) is 5.58 Å². The standard InChI is InChI=1S/C35H23NO2S/c1-22-21-38-31-19-18-23(20-24(31)34(22)37)36-29-14-6-2-10-25(29)35(26-11-3-7-15-30(26)36)27-12-4-8-16-32(27)39-33-17-9-5-13-28(33)35/h2-21H,1H3. The quantitative estimate of drug-likeness (QED) is 0.216. The highest BCUT2D eigenvalue weighted by Gasteiger charge is 2.50. The number of rotatable bonds is 1. The molecule has 0 atom stereocenters. The summed E-state index contributed by atoms with van der Waals surface area (Å²) in [6.07, 6.45) is 1.54. The minimum Gasteiger partial charge on any atom is -0.464 e. The molecular formula is C35H23NO2S. The van der Waals surface area contributed by atoms with Crippen LogP contribution in [0.25, 0.3) is 11.0 Å². The highest BCUT2D eigenvalue weighted by Crippen LogP contribution is 2.62. The predicted molar refractivity (Wildman–Crippen MR) is 158 cm³/mol. The van der Waals surface area contributed by atoms with Gasteiger partial charge in [0.25, 0.3) is 0 Å². The van der Waals surface area contributed by atoms with E-state index >= 15 is 0 Å². The molecule has 0 aliphatic carbocycles. The summed E-state index contributed by atoms with van der Waals surface area (Å²) in [6.45, 7) is 1.79. The molecule has 0 saturated heterocycles. The van der Waals surface area contributed by atoms with Crippen molar-refractivity contribution in [3.63, 3.8) is 0 Å². The van der Waals surface area contributed by atoms with Crippen molar-refractivity contribution in [3.05, 3.63) is 160 Å². The van der Waals surface area contributed by atoms with Crippen LogP contribution in [0.1, 0.15) is 27.8 Å². The molecule has 4 heteroatoms. The zero-order chi connectivity index (χ0) is 26.1. The Hall–Kier alpha value is -4.54. The zero-order valence-corrected chi connectivity index (χ0v) is 22.0. The van der Waals surface area contributed by atoms with E-state index in [1.54, 1.807) is 6.92 Å². The van der Waals surface area contributed by atoms with E-state index in [0.717, 1.165) is 17.1 Å². The molecule has 0 amide bonds. The van der Waals surface area contributed by atoms with Gasteiger partial charge >= 0.3 is 0 Å². The summed E-state index contributed by atoms with van der Waals surface area (Å²) in [5.74, 6) is 0. The molecule has 6 aromatic rings. The largest absolute Gasteiger partial charge is 0.464 e. The summed E-state index contributed by atoms with van der Waals surface area (Å²) in [5.41, 5.74) is 8.89. The normalized spacial score (nSPS) is 14.4.